The van der Waals surface area contributed by atoms with Crippen molar-refractivity contribution in [2.45, 2.75) is 39.2 Å². The molecule has 0 bridgehead atoms. The van der Waals surface area contributed by atoms with E-state index in [1.54, 1.807) is 0 Å². The first-order valence-electron chi connectivity index (χ1n) is 5.23. The van der Waals surface area contributed by atoms with Crippen molar-refractivity contribution in [3.05, 3.63) is 0 Å². The quantitative estimate of drug-likeness (QED) is 0.571. The van der Waals surface area contributed by atoms with Gasteiger partial charge in [0.15, 0.2) is 0 Å². The molecule has 0 atom stereocenters. The summed E-state index contributed by atoms with van der Waals surface area (Å²) in [5, 5.41) is 5.13. The lowest BCUT2D eigenvalue weighted by Crippen LogP contribution is -2.50. The van der Waals surface area contributed by atoms with Crippen LogP contribution in [0, 0.1) is 0 Å². The molecule has 0 aromatic heterocycles. The second kappa shape index (κ2) is 6.40. The summed E-state index contributed by atoms with van der Waals surface area (Å²) < 4.78 is 0. The zero-order valence-electron chi connectivity index (χ0n) is 9.72. The predicted octanol–water partition coefficient (Wildman–Crippen LogP) is -0.244. The van der Waals surface area contributed by atoms with Crippen LogP contribution in [-0.2, 0) is 9.59 Å². The van der Waals surface area contributed by atoms with Crippen molar-refractivity contribution in [1.82, 2.24) is 10.6 Å². The van der Waals surface area contributed by atoms with Gasteiger partial charge < -0.3 is 16.4 Å². The van der Waals surface area contributed by atoms with Crippen molar-refractivity contribution >= 4 is 11.8 Å². The van der Waals surface area contributed by atoms with Crippen molar-refractivity contribution in [2.75, 3.05) is 13.1 Å². The lowest BCUT2D eigenvalue weighted by atomic mass is 9.94. The Morgan fingerprint density at radius 3 is 2.13 bits per heavy atom. The number of nitrogens with one attached hydrogen (secondary N) is 2. The molecule has 0 fully saturated rings. The second-order valence-electron chi connectivity index (χ2n) is 3.76. The van der Waals surface area contributed by atoms with E-state index in [9.17, 15) is 9.59 Å². The van der Waals surface area contributed by atoms with Gasteiger partial charge in [-0.05, 0) is 12.8 Å². The molecule has 0 aliphatic heterocycles. The summed E-state index contributed by atoms with van der Waals surface area (Å²) in [6.07, 6.45) is 1.62. The molecule has 15 heavy (non-hydrogen) atoms. The number of carbonyl (C=O) groups excluding carboxylic acids is 2. The van der Waals surface area contributed by atoms with Crippen LogP contribution >= 0.6 is 0 Å². The lowest BCUT2D eigenvalue weighted by Gasteiger charge is -2.26. The van der Waals surface area contributed by atoms with E-state index in [0.717, 1.165) is 12.8 Å². The van der Waals surface area contributed by atoms with E-state index in [2.05, 4.69) is 10.6 Å². The minimum absolute atomic E-state index is 0.0127. The molecule has 2 amide bonds. The summed E-state index contributed by atoms with van der Waals surface area (Å²) in [4.78, 5) is 21.8. The van der Waals surface area contributed by atoms with E-state index in [1.807, 2.05) is 13.8 Å². The van der Waals surface area contributed by atoms with Gasteiger partial charge in [0, 0.05) is 19.0 Å². The Hall–Kier alpha value is -1.10. The first-order valence-corrected chi connectivity index (χ1v) is 5.23. The van der Waals surface area contributed by atoms with Crippen LogP contribution < -0.4 is 16.4 Å². The maximum absolute atomic E-state index is 11.2. The fraction of sp³-hybridized carbons (Fsp3) is 0.800. The fourth-order valence-electron chi connectivity index (χ4n) is 1.04. The Kier molecular flexibility index (Phi) is 5.93. The highest BCUT2D eigenvalue weighted by atomic mass is 16.2. The third-order valence-electron chi connectivity index (χ3n) is 2.54. The first kappa shape index (κ1) is 13.9. The third kappa shape index (κ3) is 6.06. The van der Waals surface area contributed by atoms with Crippen LogP contribution in [0.2, 0.25) is 0 Å². The van der Waals surface area contributed by atoms with E-state index in [1.165, 1.54) is 6.92 Å². The van der Waals surface area contributed by atoms with Crippen molar-refractivity contribution < 1.29 is 9.59 Å². The largest absolute Gasteiger partial charge is 0.353 e. The smallest absolute Gasteiger partial charge is 0.239 e. The van der Waals surface area contributed by atoms with Gasteiger partial charge in [0.05, 0.1) is 6.54 Å². The summed E-state index contributed by atoms with van der Waals surface area (Å²) in [6, 6.07) is 0. The van der Waals surface area contributed by atoms with Crippen LogP contribution in [0.4, 0.5) is 0 Å². The number of nitrogens with two attached hydrogens (primary N) is 1. The number of carbonyl (C=O) groups is 2. The second-order valence-corrected chi connectivity index (χ2v) is 3.76. The summed E-state index contributed by atoms with van der Waals surface area (Å²) >= 11 is 0. The molecule has 0 saturated carbocycles. The zero-order valence-corrected chi connectivity index (χ0v) is 9.72. The molecule has 0 aliphatic rings. The molecular formula is C10H21N3O2. The summed E-state index contributed by atoms with van der Waals surface area (Å²) in [5.74, 6) is -0.419. The standard InChI is InChI=1S/C10H21N3O2/c1-4-10(11,5-2)7-13-9(15)6-12-8(3)14/h4-7,11H2,1-3H3,(H,12,14)(H,13,15). The van der Waals surface area contributed by atoms with Gasteiger partial charge >= 0.3 is 0 Å². The highest BCUT2D eigenvalue weighted by Crippen LogP contribution is 2.08. The van der Waals surface area contributed by atoms with Gasteiger partial charge in [-0.3, -0.25) is 9.59 Å². The summed E-state index contributed by atoms with van der Waals surface area (Å²) in [7, 11) is 0. The molecule has 0 aliphatic carbocycles. The van der Waals surface area contributed by atoms with Crippen LogP contribution in [0.1, 0.15) is 33.6 Å². The Bertz CT molecular complexity index is 225. The molecule has 4 N–H and O–H groups in total. The molecule has 0 saturated heterocycles. The van der Waals surface area contributed by atoms with Gasteiger partial charge in [0.2, 0.25) is 11.8 Å². The SMILES string of the molecule is CCC(N)(CC)CNC(=O)CNC(C)=O. The van der Waals surface area contributed by atoms with Gasteiger partial charge in [0.25, 0.3) is 0 Å². The average Bonchev–Trinajstić information content (AvgIpc) is 2.23. The van der Waals surface area contributed by atoms with E-state index in [-0.39, 0.29) is 23.9 Å². The first-order chi connectivity index (χ1) is 6.93. The van der Waals surface area contributed by atoms with Crippen LogP contribution in [-0.4, -0.2) is 30.4 Å². The van der Waals surface area contributed by atoms with Gasteiger partial charge in [-0.2, -0.15) is 0 Å². The van der Waals surface area contributed by atoms with Crippen molar-refractivity contribution in [3.63, 3.8) is 0 Å². The van der Waals surface area contributed by atoms with Gasteiger partial charge in [0.1, 0.15) is 0 Å². The number of hydrogen-bond donors (Lipinski definition) is 3. The Morgan fingerprint density at radius 1 is 1.20 bits per heavy atom. The van der Waals surface area contributed by atoms with E-state index < -0.39 is 0 Å². The zero-order chi connectivity index (χ0) is 11.9. The Balaban J connectivity index is 3.84. The topological polar surface area (TPSA) is 84.2 Å². The maximum atomic E-state index is 11.2. The monoisotopic (exact) mass is 215 g/mol. The Labute approximate surface area is 90.8 Å². The number of hydrogen-bond acceptors (Lipinski definition) is 3. The normalized spacial score (nSPS) is 10.9. The molecule has 0 aromatic rings. The highest BCUT2D eigenvalue weighted by Gasteiger charge is 2.20. The van der Waals surface area contributed by atoms with Crippen molar-refractivity contribution in [1.29, 1.82) is 0 Å². The number of amides is 2. The summed E-state index contributed by atoms with van der Waals surface area (Å²) in [5.41, 5.74) is 5.66. The van der Waals surface area contributed by atoms with Crippen molar-refractivity contribution in [3.8, 4) is 0 Å². The molecule has 0 heterocycles. The summed E-state index contributed by atoms with van der Waals surface area (Å²) in [6.45, 7) is 5.81. The minimum Gasteiger partial charge on any atom is -0.353 e. The molecule has 0 radical (unpaired) electrons. The van der Waals surface area contributed by atoms with Gasteiger partial charge in [-0.1, -0.05) is 13.8 Å². The van der Waals surface area contributed by atoms with E-state index in [4.69, 9.17) is 5.73 Å². The fourth-order valence-corrected chi connectivity index (χ4v) is 1.04. The molecule has 5 heteroatoms. The average molecular weight is 215 g/mol. The Morgan fingerprint density at radius 2 is 1.73 bits per heavy atom. The molecule has 0 rings (SSSR count). The van der Waals surface area contributed by atoms with Crippen LogP contribution in [0.15, 0.2) is 0 Å². The van der Waals surface area contributed by atoms with Crippen LogP contribution in [0.25, 0.3) is 0 Å². The molecule has 0 aromatic carbocycles. The molecule has 0 spiro atoms. The van der Waals surface area contributed by atoms with Crippen LogP contribution in [0.5, 0.6) is 0 Å². The van der Waals surface area contributed by atoms with Gasteiger partial charge in [-0.25, -0.2) is 0 Å². The predicted molar refractivity (Wildman–Crippen MR) is 59.2 cm³/mol. The van der Waals surface area contributed by atoms with E-state index in [0.29, 0.717) is 6.54 Å². The number of rotatable bonds is 6. The maximum Gasteiger partial charge on any atom is 0.239 e. The molecule has 88 valence electrons. The highest BCUT2D eigenvalue weighted by molar-refractivity contribution is 5.83. The van der Waals surface area contributed by atoms with Crippen LogP contribution in [0.3, 0.4) is 0 Å². The molecule has 5 nitrogen and oxygen atoms in total. The molecule has 0 unspecified atom stereocenters. The van der Waals surface area contributed by atoms with E-state index >= 15 is 0 Å². The van der Waals surface area contributed by atoms with Crippen molar-refractivity contribution in [2.24, 2.45) is 5.73 Å². The molecular weight excluding hydrogens is 194 g/mol. The minimum atomic E-state index is -0.341. The third-order valence-corrected chi connectivity index (χ3v) is 2.54. The lowest BCUT2D eigenvalue weighted by molar-refractivity contribution is -0.125. The van der Waals surface area contributed by atoms with Gasteiger partial charge in [-0.15, -0.1) is 0 Å².